The van der Waals surface area contributed by atoms with Gasteiger partial charge in [-0.05, 0) is 37.5 Å². The molecule has 26 heavy (non-hydrogen) atoms. The van der Waals surface area contributed by atoms with Crippen molar-refractivity contribution in [1.82, 2.24) is 9.78 Å². The van der Waals surface area contributed by atoms with Crippen LogP contribution in [-0.4, -0.2) is 16.4 Å². The van der Waals surface area contributed by atoms with Crippen LogP contribution >= 0.6 is 0 Å². The van der Waals surface area contributed by atoms with Crippen LogP contribution in [0, 0.1) is 24.5 Å². The lowest BCUT2D eigenvalue weighted by Gasteiger charge is -2.14. The van der Waals surface area contributed by atoms with Gasteiger partial charge in [-0.3, -0.25) is 4.68 Å². The Morgan fingerprint density at radius 2 is 1.92 bits per heavy atom. The third-order valence-electron chi connectivity index (χ3n) is 3.76. The average molecular weight is 359 g/mol. The zero-order chi connectivity index (χ0) is 18.7. The van der Waals surface area contributed by atoms with Gasteiger partial charge in [-0.25, -0.2) is 8.78 Å². The van der Waals surface area contributed by atoms with Gasteiger partial charge < -0.3 is 9.47 Å². The minimum Gasteiger partial charge on any atom is -0.490 e. The maximum atomic E-state index is 13.9. The monoisotopic (exact) mass is 359 g/mol. The Labute approximate surface area is 151 Å². The Hall–Kier alpha value is -2.63. The van der Waals surface area contributed by atoms with Crippen LogP contribution < -0.4 is 9.47 Å². The standard InChI is InChI=1S/C20H21F2N2O2/c1-4-7-25-19-10-17-14(11-23-24(17)12-13(2)3)8-20(19)26-18-6-5-15(21)9-16(18)22/h5-6,8-11,13H,1,4,7,12H2,2-3H3. The molecule has 1 heterocycles. The highest BCUT2D eigenvalue weighted by Crippen LogP contribution is 2.37. The van der Waals surface area contributed by atoms with E-state index < -0.39 is 11.6 Å². The third-order valence-corrected chi connectivity index (χ3v) is 3.76. The second-order valence-electron chi connectivity index (χ2n) is 6.46. The van der Waals surface area contributed by atoms with E-state index in [2.05, 4.69) is 25.9 Å². The molecule has 1 radical (unpaired) electrons. The maximum Gasteiger partial charge on any atom is 0.170 e. The molecule has 3 rings (SSSR count). The number of hydrogen-bond donors (Lipinski definition) is 0. The minimum absolute atomic E-state index is 0.0696. The van der Waals surface area contributed by atoms with Crippen LogP contribution in [0.2, 0.25) is 0 Å². The fraction of sp³-hybridized carbons (Fsp3) is 0.300. The first-order chi connectivity index (χ1) is 12.5. The lowest BCUT2D eigenvalue weighted by atomic mass is 10.2. The van der Waals surface area contributed by atoms with E-state index in [0.29, 0.717) is 30.4 Å². The number of nitrogens with zero attached hydrogens (tertiary/aromatic N) is 2. The smallest absolute Gasteiger partial charge is 0.170 e. The molecular formula is C20H21F2N2O2. The summed E-state index contributed by atoms with van der Waals surface area (Å²) in [5.41, 5.74) is 0.907. The highest BCUT2D eigenvalue weighted by atomic mass is 19.1. The molecule has 137 valence electrons. The molecule has 6 heteroatoms. The van der Waals surface area contributed by atoms with E-state index in [0.717, 1.165) is 29.6 Å². The minimum atomic E-state index is -0.774. The van der Waals surface area contributed by atoms with E-state index in [4.69, 9.17) is 9.47 Å². The molecule has 0 bridgehead atoms. The average Bonchev–Trinajstić information content (AvgIpc) is 2.96. The van der Waals surface area contributed by atoms with Gasteiger partial charge in [0.25, 0.3) is 0 Å². The number of hydrogen-bond acceptors (Lipinski definition) is 3. The third kappa shape index (κ3) is 3.95. The van der Waals surface area contributed by atoms with E-state index in [-0.39, 0.29) is 5.75 Å². The highest BCUT2D eigenvalue weighted by molar-refractivity contribution is 5.83. The quantitative estimate of drug-likeness (QED) is 0.569. The summed E-state index contributed by atoms with van der Waals surface area (Å²) >= 11 is 0. The molecular weight excluding hydrogens is 338 g/mol. The van der Waals surface area contributed by atoms with Gasteiger partial charge in [0.15, 0.2) is 23.1 Å². The summed E-state index contributed by atoms with van der Waals surface area (Å²) < 4.78 is 40.4. The molecule has 4 nitrogen and oxygen atoms in total. The summed E-state index contributed by atoms with van der Waals surface area (Å²) in [5, 5.41) is 5.26. The van der Waals surface area contributed by atoms with Gasteiger partial charge in [-0.2, -0.15) is 5.10 Å². The van der Waals surface area contributed by atoms with Crippen molar-refractivity contribution in [2.75, 3.05) is 6.61 Å². The van der Waals surface area contributed by atoms with Gasteiger partial charge in [0, 0.05) is 24.1 Å². The number of aromatic nitrogens is 2. The number of benzene rings is 2. The predicted molar refractivity (Wildman–Crippen MR) is 96.5 cm³/mol. The van der Waals surface area contributed by atoms with E-state index in [1.807, 2.05) is 10.7 Å². The summed E-state index contributed by atoms with van der Waals surface area (Å²) in [5.74, 6) is -0.250. The molecule has 0 atom stereocenters. The molecule has 0 aliphatic carbocycles. The van der Waals surface area contributed by atoms with Crippen LogP contribution in [0.3, 0.4) is 0 Å². The Kier molecular flexibility index (Phi) is 5.40. The van der Waals surface area contributed by atoms with Gasteiger partial charge in [0.05, 0.1) is 18.3 Å². The lowest BCUT2D eigenvalue weighted by molar-refractivity contribution is 0.306. The number of halogens is 2. The maximum absolute atomic E-state index is 13.9. The molecule has 0 N–H and O–H groups in total. The van der Waals surface area contributed by atoms with Crippen molar-refractivity contribution in [3.8, 4) is 17.2 Å². The summed E-state index contributed by atoms with van der Waals surface area (Å²) in [6.45, 7) is 9.15. The first-order valence-electron chi connectivity index (χ1n) is 8.52. The van der Waals surface area contributed by atoms with Gasteiger partial charge in [-0.15, -0.1) is 0 Å². The predicted octanol–water partition coefficient (Wildman–Crippen LogP) is 5.37. The zero-order valence-electron chi connectivity index (χ0n) is 14.8. The van der Waals surface area contributed by atoms with Gasteiger partial charge >= 0.3 is 0 Å². The van der Waals surface area contributed by atoms with Crippen molar-refractivity contribution in [2.24, 2.45) is 5.92 Å². The summed E-state index contributed by atoms with van der Waals surface area (Å²) in [6.07, 6.45) is 2.31. The Morgan fingerprint density at radius 1 is 1.12 bits per heavy atom. The van der Waals surface area contributed by atoms with Crippen LogP contribution in [0.5, 0.6) is 17.2 Å². The summed E-state index contributed by atoms with van der Waals surface area (Å²) in [7, 11) is 0. The SMILES string of the molecule is [CH2]CCOc1cc2c(cnn2CC(C)C)cc1Oc1ccc(F)cc1F. The molecule has 0 fully saturated rings. The summed E-state index contributed by atoms with van der Waals surface area (Å²) in [4.78, 5) is 0. The Morgan fingerprint density at radius 3 is 2.62 bits per heavy atom. The molecule has 0 aliphatic heterocycles. The van der Waals surface area contributed by atoms with Crippen molar-refractivity contribution < 1.29 is 18.3 Å². The van der Waals surface area contributed by atoms with E-state index in [9.17, 15) is 8.78 Å². The number of fused-ring (bicyclic) bond motifs is 1. The fourth-order valence-corrected chi connectivity index (χ4v) is 2.63. The van der Waals surface area contributed by atoms with E-state index in [1.165, 1.54) is 6.07 Å². The Bertz CT molecular complexity index is 906. The molecule has 0 spiro atoms. The largest absolute Gasteiger partial charge is 0.490 e. The normalized spacial score (nSPS) is 11.3. The van der Waals surface area contributed by atoms with E-state index >= 15 is 0 Å². The van der Waals surface area contributed by atoms with Crippen LogP contribution in [0.4, 0.5) is 8.78 Å². The van der Waals surface area contributed by atoms with Crippen molar-refractivity contribution in [2.45, 2.75) is 26.8 Å². The molecule has 0 saturated carbocycles. The van der Waals surface area contributed by atoms with Gasteiger partial charge in [0.2, 0.25) is 0 Å². The van der Waals surface area contributed by atoms with Crippen molar-refractivity contribution in [3.05, 3.63) is 55.1 Å². The van der Waals surface area contributed by atoms with Gasteiger partial charge in [0.1, 0.15) is 5.82 Å². The number of rotatable bonds is 7. The van der Waals surface area contributed by atoms with Crippen molar-refractivity contribution in [3.63, 3.8) is 0 Å². The first-order valence-corrected chi connectivity index (χ1v) is 8.52. The van der Waals surface area contributed by atoms with Crippen molar-refractivity contribution in [1.29, 1.82) is 0 Å². The molecule has 3 aromatic rings. The molecule has 2 aromatic carbocycles. The molecule has 0 saturated heterocycles. The Balaban J connectivity index is 2.01. The van der Waals surface area contributed by atoms with Crippen molar-refractivity contribution >= 4 is 10.9 Å². The van der Waals surface area contributed by atoms with Crippen LogP contribution in [0.25, 0.3) is 10.9 Å². The second kappa shape index (κ2) is 7.72. The zero-order valence-corrected chi connectivity index (χ0v) is 14.8. The second-order valence-corrected chi connectivity index (χ2v) is 6.46. The molecule has 0 amide bonds. The molecule has 0 unspecified atom stereocenters. The highest BCUT2D eigenvalue weighted by Gasteiger charge is 2.15. The topological polar surface area (TPSA) is 36.3 Å². The van der Waals surface area contributed by atoms with Crippen LogP contribution in [0.1, 0.15) is 20.3 Å². The molecule has 0 aliphatic rings. The first kappa shape index (κ1) is 18.2. The fourth-order valence-electron chi connectivity index (χ4n) is 2.63. The van der Waals surface area contributed by atoms with Gasteiger partial charge in [-0.1, -0.05) is 13.8 Å². The van der Waals surface area contributed by atoms with Crippen LogP contribution in [-0.2, 0) is 6.54 Å². The van der Waals surface area contributed by atoms with Crippen LogP contribution in [0.15, 0.2) is 36.5 Å². The lowest BCUT2D eigenvalue weighted by Crippen LogP contribution is -2.06. The van der Waals surface area contributed by atoms with E-state index in [1.54, 1.807) is 12.3 Å². The molecule has 1 aromatic heterocycles. The number of ether oxygens (including phenoxy) is 2. The summed E-state index contributed by atoms with van der Waals surface area (Å²) in [6, 6.07) is 6.76.